The first kappa shape index (κ1) is 11.2. The van der Waals surface area contributed by atoms with Crippen LogP contribution in [0, 0.1) is 5.92 Å². The maximum atomic E-state index is 11.5. The number of carbonyl (C=O) groups excluding carboxylic acids is 2. The molecule has 0 aromatic rings. The molecular weight excluding hydrogens is 182 g/mol. The third kappa shape index (κ3) is 3.10. The van der Waals surface area contributed by atoms with Gasteiger partial charge in [0.1, 0.15) is 11.7 Å². The third-order valence-electron chi connectivity index (χ3n) is 2.35. The van der Waals surface area contributed by atoms with Crippen LogP contribution in [0.5, 0.6) is 0 Å². The van der Waals surface area contributed by atoms with E-state index in [4.69, 9.17) is 4.74 Å². The van der Waals surface area contributed by atoms with Gasteiger partial charge in [-0.15, -0.1) is 0 Å². The second-order valence-electron chi connectivity index (χ2n) is 3.41. The molecule has 0 aliphatic carbocycles. The summed E-state index contributed by atoms with van der Waals surface area (Å²) in [6.45, 7) is 3.66. The summed E-state index contributed by atoms with van der Waals surface area (Å²) >= 11 is 0. The lowest BCUT2D eigenvalue weighted by Crippen LogP contribution is -2.32. The molecular formula is C10H17NO3. The van der Waals surface area contributed by atoms with E-state index < -0.39 is 5.92 Å². The maximum absolute atomic E-state index is 11.5. The summed E-state index contributed by atoms with van der Waals surface area (Å²) in [4.78, 5) is 23.0. The number of rotatable bonds is 2. The molecule has 1 unspecified atom stereocenters. The van der Waals surface area contributed by atoms with E-state index in [1.165, 1.54) is 0 Å². The fourth-order valence-electron chi connectivity index (χ4n) is 1.60. The molecule has 4 nitrogen and oxygen atoms in total. The highest BCUT2D eigenvalue weighted by molar-refractivity contribution is 5.99. The molecule has 0 spiro atoms. The summed E-state index contributed by atoms with van der Waals surface area (Å²) in [5, 5.41) is 3.14. The van der Waals surface area contributed by atoms with Gasteiger partial charge in [0, 0.05) is 13.0 Å². The molecule has 0 amide bonds. The molecule has 80 valence electrons. The summed E-state index contributed by atoms with van der Waals surface area (Å²) in [6, 6.07) is 0. The Kier molecular flexibility index (Phi) is 4.59. The first-order chi connectivity index (χ1) is 6.75. The molecule has 0 aromatic carbocycles. The van der Waals surface area contributed by atoms with Crippen LogP contribution in [0.25, 0.3) is 0 Å². The number of hydrogen-bond acceptors (Lipinski definition) is 4. The normalized spacial score (nSPS) is 23.8. The van der Waals surface area contributed by atoms with E-state index in [0.717, 1.165) is 13.0 Å². The average Bonchev–Trinajstić information content (AvgIpc) is 2.12. The first-order valence-electron chi connectivity index (χ1n) is 5.15. The van der Waals surface area contributed by atoms with Gasteiger partial charge in [0.05, 0.1) is 6.61 Å². The van der Waals surface area contributed by atoms with Crippen molar-refractivity contribution >= 4 is 11.8 Å². The standard InChI is InChI=1S/C10H17NO3/c1-2-14-10(13)8-4-3-6-11-7-5-9(8)12/h8,11H,2-7H2,1H3. The Balaban J connectivity index is 2.52. The fourth-order valence-corrected chi connectivity index (χ4v) is 1.60. The minimum Gasteiger partial charge on any atom is -0.465 e. The van der Waals surface area contributed by atoms with Gasteiger partial charge in [-0.25, -0.2) is 0 Å². The molecule has 4 heteroatoms. The van der Waals surface area contributed by atoms with E-state index in [1.54, 1.807) is 6.92 Å². The van der Waals surface area contributed by atoms with Gasteiger partial charge in [0.2, 0.25) is 0 Å². The number of ether oxygens (including phenoxy) is 1. The molecule has 0 saturated carbocycles. The van der Waals surface area contributed by atoms with Crippen molar-refractivity contribution in [2.75, 3.05) is 19.7 Å². The lowest BCUT2D eigenvalue weighted by molar-refractivity contribution is -0.152. The monoisotopic (exact) mass is 199 g/mol. The summed E-state index contributed by atoms with van der Waals surface area (Å²) < 4.78 is 4.87. The second kappa shape index (κ2) is 5.75. The van der Waals surface area contributed by atoms with E-state index in [2.05, 4.69) is 5.32 Å². The fraction of sp³-hybridized carbons (Fsp3) is 0.800. The number of Topliss-reactive ketones (excluding diaryl/α,β-unsaturated/α-hetero) is 1. The minimum atomic E-state index is -0.517. The number of nitrogens with one attached hydrogen (secondary N) is 1. The molecule has 1 N–H and O–H groups in total. The van der Waals surface area contributed by atoms with E-state index in [0.29, 0.717) is 26.0 Å². The van der Waals surface area contributed by atoms with Crippen LogP contribution in [0.4, 0.5) is 0 Å². The largest absolute Gasteiger partial charge is 0.465 e. The summed E-state index contributed by atoms with van der Waals surface area (Å²) in [5.74, 6) is -0.855. The third-order valence-corrected chi connectivity index (χ3v) is 2.35. The number of carbonyl (C=O) groups is 2. The zero-order valence-electron chi connectivity index (χ0n) is 8.54. The Morgan fingerprint density at radius 3 is 3.07 bits per heavy atom. The van der Waals surface area contributed by atoms with Gasteiger partial charge in [0.15, 0.2) is 0 Å². The molecule has 1 fully saturated rings. The number of ketones is 1. The van der Waals surface area contributed by atoms with Crippen molar-refractivity contribution in [1.29, 1.82) is 0 Å². The van der Waals surface area contributed by atoms with Crippen molar-refractivity contribution in [3.05, 3.63) is 0 Å². The van der Waals surface area contributed by atoms with Crippen molar-refractivity contribution in [2.45, 2.75) is 26.2 Å². The van der Waals surface area contributed by atoms with Crippen LogP contribution in [0.15, 0.2) is 0 Å². The Morgan fingerprint density at radius 1 is 1.57 bits per heavy atom. The smallest absolute Gasteiger partial charge is 0.316 e. The van der Waals surface area contributed by atoms with Crippen LogP contribution in [-0.2, 0) is 14.3 Å². The molecule has 1 aliphatic rings. The van der Waals surface area contributed by atoms with Crippen molar-refractivity contribution in [2.24, 2.45) is 5.92 Å². The molecule has 1 atom stereocenters. The van der Waals surface area contributed by atoms with E-state index in [-0.39, 0.29) is 11.8 Å². The first-order valence-corrected chi connectivity index (χ1v) is 5.15. The van der Waals surface area contributed by atoms with Crippen molar-refractivity contribution < 1.29 is 14.3 Å². The Labute approximate surface area is 84.0 Å². The van der Waals surface area contributed by atoms with Gasteiger partial charge in [-0.3, -0.25) is 9.59 Å². The van der Waals surface area contributed by atoms with Crippen LogP contribution in [0.3, 0.4) is 0 Å². The van der Waals surface area contributed by atoms with E-state index in [1.807, 2.05) is 0 Å². The van der Waals surface area contributed by atoms with Crippen LogP contribution < -0.4 is 5.32 Å². The van der Waals surface area contributed by atoms with Crippen LogP contribution in [-0.4, -0.2) is 31.4 Å². The van der Waals surface area contributed by atoms with Crippen molar-refractivity contribution in [1.82, 2.24) is 5.32 Å². The summed E-state index contributed by atoms with van der Waals surface area (Å²) in [6.07, 6.45) is 1.91. The number of hydrogen-bond donors (Lipinski definition) is 1. The SMILES string of the molecule is CCOC(=O)C1CCCNCCC1=O. The molecule has 1 heterocycles. The zero-order valence-corrected chi connectivity index (χ0v) is 8.54. The Hall–Kier alpha value is -0.900. The average molecular weight is 199 g/mol. The van der Waals surface area contributed by atoms with Gasteiger partial charge >= 0.3 is 5.97 Å². The van der Waals surface area contributed by atoms with E-state index >= 15 is 0 Å². The van der Waals surface area contributed by atoms with Crippen LogP contribution in [0.1, 0.15) is 26.2 Å². The molecule has 1 rings (SSSR count). The predicted octanol–water partition coefficient (Wildman–Crippen LogP) is 0.508. The van der Waals surface area contributed by atoms with Gasteiger partial charge in [-0.2, -0.15) is 0 Å². The van der Waals surface area contributed by atoms with Crippen molar-refractivity contribution in [3.8, 4) is 0 Å². The van der Waals surface area contributed by atoms with Gasteiger partial charge < -0.3 is 10.1 Å². The Bertz CT molecular complexity index is 207. The molecule has 0 aromatic heterocycles. The van der Waals surface area contributed by atoms with Gasteiger partial charge in [-0.05, 0) is 26.3 Å². The topological polar surface area (TPSA) is 55.4 Å². The summed E-state index contributed by atoms with van der Waals surface area (Å²) in [7, 11) is 0. The lowest BCUT2D eigenvalue weighted by Gasteiger charge is -2.17. The highest BCUT2D eigenvalue weighted by Gasteiger charge is 2.27. The molecule has 1 aliphatic heterocycles. The van der Waals surface area contributed by atoms with E-state index in [9.17, 15) is 9.59 Å². The van der Waals surface area contributed by atoms with Gasteiger partial charge in [0.25, 0.3) is 0 Å². The summed E-state index contributed by atoms with van der Waals surface area (Å²) in [5.41, 5.74) is 0. The predicted molar refractivity (Wildman–Crippen MR) is 51.9 cm³/mol. The van der Waals surface area contributed by atoms with Gasteiger partial charge in [-0.1, -0.05) is 0 Å². The molecule has 14 heavy (non-hydrogen) atoms. The lowest BCUT2D eigenvalue weighted by atomic mass is 9.95. The quantitative estimate of drug-likeness (QED) is 0.520. The number of esters is 1. The second-order valence-corrected chi connectivity index (χ2v) is 3.41. The highest BCUT2D eigenvalue weighted by Crippen LogP contribution is 2.13. The zero-order chi connectivity index (χ0) is 10.4. The highest BCUT2D eigenvalue weighted by atomic mass is 16.5. The van der Waals surface area contributed by atoms with Crippen LogP contribution >= 0.6 is 0 Å². The Morgan fingerprint density at radius 2 is 2.36 bits per heavy atom. The molecule has 0 bridgehead atoms. The maximum Gasteiger partial charge on any atom is 0.316 e. The molecule has 1 saturated heterocycles. The molecule has 0 radical (unpaired) electrons. The van der Waals surface area contributed by atoms with Crippen molar-refractivity contribution in [3.63, 3.8) is 0 Å². The minimum absolute atomic E-state index is 0.00986. The van der Waals surface area contributed by atoms with Crippen LogP contribution in [0.2, 0.25) is 0 Å².